The third-order valence-electron chi connectivity index (χ3n) is 10.4. The van der Waals surface area contributed by atoms with E-state index in [4.69, 9.17) is 4.42 Å². The lowest BCUT2D eigenvalue weighted by Gasteiger charge is -2.35. The Morgan fingerprint density at radius 1 is 0.614 bits per heavy atom. The van der Waals surface area contributed by atoms with Crippen LogP contribution in [0.3, 0.4) is 0 Å². The Hall–Kier alpha value is -5.22. The third-order valence-corrected chi connectivity index (χ3v) is 10.4. The van der Waals surface area contributed by atoms with Gasteiger partial charge in [0, 0.05) is 60.2 Å². The van der Waals surface area contributed by atoms with Crippen molar-refractivity contribution in [2.75, 3.05) is 0 Å². The number of furan rings is 1. The second kappa shape index (κ2) is 7.46. The summed E-state index contributed by atoms with van der Waals surface area (Å²) in [6.45, 7) is 7.01. The smallest absolute Gasteiger partial charge is 0.333 e. The van der Waals surface area contributed by atoms with Crippen molar-refractivity contribution in [2.24, 2.45) is 0 Å². The van der Waals surface area contributed by atoms with Crippen molar-refractivity contribution in [1.29, 1.82) is 0 Å². The van der Waals surface area contributed by atoms with E-state index >= 15 is 0 Å². The average molecular weight is 562 g/mol. The molecule has 2 aliphatic heterocycles. The third kappa shape index (κ3) is 2.55. The Morgan fingerprint density at radius 2 is 1.32 bits per heavy atom. The first kappa shape index (κ1) is 23.3. The van der Waals surface area contributed by atoms with Crippen LogP contribution in [-0.4, -0.2) is 15.9 Å². The maximum atomic E-state index is 6.83. The number of hydrogen-bond acceptors (Lipinski definition) is 1. The standard InChI is InChI=1S/C40H27BN2O/c1-40(2,3)22-19-28-24-12-4-7-16-31(24)42-33-21-29-25-13-6-9-18-34(25)44-39(29)35-27-15-10-14-26-23-11-5-8-17-32(23)43(37(26)27)41(36(33)35)30(20-22)38(28)42/h4-21H,1-3H3. The number of nitrogens with zero attached hydrogens (tertiary/aromatic N) is 2. The molecule has 0 atom stereocenters. The van der Waals surface area contributed by atoms with E-state index in [0.29, 0.717) is 0 Å². The number of aromatic nitrogens is 2. The number of rotatable bonds is 0. The Labute approximate surface area is 254 Å². The molecule has 9 aromatic rings. The molecule has 206 valence electrons. The molecule has 0 N–H and O–H groups in total. The lowest BCUT2D eigenvalue weighted by Crippen LogP contribution is -2.55. The molecule has 0 spiro atoms. The molecule has 0 bridgehead atoms. The zero-order chi connectivity index (χ0) is 29.1. The number of hydrogen-bond donors (Lipinski definition) is 0. The number of fused-ring (bicyclic) bond motifs is 14. The van der Waals surface area contributed by atoms with Crippen LogP contribution in [0, 0.1) is 0 Å². The molecule has 6 aromatic carbocycles. The molecule has 0 saturated heterocycles. The lowest BCUT2D eigenvalue weighted by molar-refractivity contribution is 0.591. The van der Waals surface area contributed by atoms with Gasteiger partial charge in [-0.05, 0) is 52.2 Å². The quantitative estimate of drug-likeness (QED) is 0.169. The van der Waals surface area contributed by atoms with Crippen molar-refractivity contribution in [3.05, 3.63) is 115 Å². The predicted octanol–water partition coefficient (Wildman–Crippen LogP) is 9.04. The Bertz CT molecular complexity index is 2770. The van der Waals surface area contributed by atoms with Crippen molar-refractivity contribution in [3.63, 3.8) is 0 Å². The van der Waals surface area contributed by atoms with Crippen molar-refractivity contribution in [2.45, 2.75) is 26.2 Å². The average Bonchev–Trinajstić information content (AvgIpc) is 3.69. The lowest BCUT2D eigenvalue weighted by atomic mass is 9.45. The molecule has 4 heteroatoms. The van der Waals surface area contributed by atoms with Crippen LogP contribution in [0.15, 0.2) is 114 Å². The van der Waals surface area contributed by atoms with Gasteiger partial charge in [0.15, 0.2) is 0 Å². The van der Waals surface area contributed by atoms with Gasteiger partial charge < -0.3 is 13.5 Å². The Kier molecular flexibility index (Phi) is 3.94. The van der Waals surface area contributed by atoms with E-state index in [1.807, 2.05) is 0 Å². The van der Waals surface area contributed by atoms with Gasteiger partial charge in [0.05, 0.1) is 11.0 Å². The van der Waals surface area contributed by atoms with Crippen LogP contribution >= 0.6 is 0 Å². The van der Waals surface area contributed by atoms with Gasteiger partial charge in [0.25, 0.3) is 0 Å². The first-order chi connectivity index (χ1) is 21.5. The van der Waals surface area contributed by atoms with Crippen LogP contribution in [0.5, 0.6) is 0 Å². The van der Waals surface area contributed by atoms with Gasteiger partial charge in [0.1, 0.15) is 11.2 Å². The van der Waals surface area contributed by atoms with Crippen LogP contribution < -0.4 is 10.9 Å². The molecule has 3 aromatic heterocycles. The molecular formula is C40H27BN2O. The molecule has 44 heavy (non-hydrogen) atoms. The number of benzene rings is 6. The van der Waals surface area contributed by atoms with Crippen molar-refractivity contribution in [3.8, 4) is 16.8 Å². The maximum Gasteiger partial charge on any atom is 0.333 e. The largest absolute Gasteiger partial charge is 0.455 e. The molecule has 2 aliphatic rings. The normalized spacial score (nSPS) is 13.8. The van der Waals surface area contributed by atoms with E-state index < -0.39 is 0 Å². The summed E-state index contributed by atoms with van der Waals surface area (Å²) in [6.07, 6.45) is 0. The molecule has 0 radical (unpaired) electrons. The van der Waals surface area contributed by atoms with E-state index in [2.05, 4.69) is 139 Å². The summed E-state index contributed by atoms with van der Waals surface area (Å²) in [5.41, 5.74) is 14.9. The molecule has 3 nitrogen and oxygen atoms in total. The minimum absolute atomic E-state index is 0.000339. The van der Waals surface area contributed by atoms with E-state index in [0.717, 1.165) is 16.6 Å². The highest BCUT2D eigenvalue weighted by Gasteiger charge is 2.43. The van der Waals surface area contributed by atoms with E-state index in [1.165, 1.54) is 82.3 Å². The molecular weight excluding hydrogens is 535 g/mol. The fourth-order valence-corrected chi connectivity index (χ4v) is 8.55. The van der Waals surface area contributed by atoms with Crippen LogP contribution in [0.4, 0.5) is 0 Å². The highest BCUT2D eigenvalue weighted by Crippen LogP contribution is 2.47. The van der Waals surface area contributed by atoms with Crippen molar-refractivity contribution >= 4 is 83.3 Å². The summed E-state index contributed by atoms with van der Waals surface area (Å²) in [6, 6.07) is 40.6. The summed E-state index contributed by atoms with van der Waals surface area (Å²) >= 11 is 0. The van der Waals surface area contributed by atoms with Gasteiger partial charge in [0.2, 0.25) is 0 Å². The van der Waals surface area contributed by atoms with Crippen LogP contribution in [0.1, 0.15) is 26.3 Å². The fourth-order valence-electron chi connectivity index (χ4n) is 8.55. The molecule has 5 heterocycles. The van der Waals surface area contributed by atoms with Gasteiger partial charge in [-0.1, -0.05) is 99.6 Å². The molecule has 0 amide bonds. The zero-order valence-electron chi connectivity index (χ0n) is 24.8. The SMILES string of the molecule is CC(C)(C)c1cc2c3c(c1)c1ccccc1n3-c1cc3c(oc4ccccc43)c3c1B2n1c2ccccc2c2cccc-3c21. The second-order valence-electron chi connectivity index (χ2n) is 13.7. The highest BCUT2D eigenvalue weighted by atomic mass is 16.3. The van der Waals surface area contributed by atoms with Gasteiger partial charge in [-0.2, -0.15) is 0 Å². The van der Waals surface area contributed by atoms with E-state index in [-0.39, 0.29) is 12.3 Å². The highest BCUT2D eigenvalue weighted by molar-refractivity contribution is 6.90. The molecule has 11 rings (SSSR count). The van der Waals surface area contributed by atoms with Crippen LogP contribution in [0.2, 0.25) is 0 Å². The van der Waals surface area contributed by atoms with Gasteiger partial charge in [-0.3, -0.25) is 0 Å². The first-order valence-corrected chi connectivity index (χ1v) is 15.6. The van der Waals surface area contributed by atoms with Crippen LogP contribution in [0.25, 0.3) is 82.4 Å². The zero-order valence-corrected chi connectivity index (χ0v) is 24.8. The first-order valence-electron chi connectivity index (χ1n) is 15.6. The number of para-hydroxylation sites is 4. The Morgan fingerprint density at radius 3 is 2.14 bits per heavy atom. The summed E-state index contributed by atoms with van der Waals surface area (Å²) in [5.74, 6) is 0. The van der Waals surface area contributed by atoms with E-state index in [1.54, 1.807) is 0 Å². The Balaban J connectivity index is 1.47. The fraction of sp³-hybridized carbons (Fsp3) is 0.100. The van der Waals surface area contributed by atoms with Crippen molar-refractivity contribution in [1.82, 2.24) is 9.05 Å². The summed E-state index contributed by atoms with van der Waals surface area (Å²) in [7, 11) is 0. The molecule has 0 unspecified atom stereocenters. The summed E-state index contributed by atoms with van der Waals surface area (Å²) in [4.78, 5) is 0. The molecule has 0 saturated carbocycles. The van der Waals surface area contributed by atoms with Crippen LogP contribution in [-0.2, 0) is 5.41 Å². The minimum atomic E-state index is 0.000339. The monoisotopic (exact) mass is 562 g/mol. The van der Waals surface area contributed by atoms with E-state index in [9.17, 15) is 0 Å². The van der Waals surface area contributed by atoms with Gasteiger partial charge >= 0.3 is 6.85 Å². The maximum absolute atomic E-state index is 6.83. The van der Waals surface area contributed by atoms with Gasteiger partial charge in [-0.25, -0.2) is 0 Å². The van der Waals surface area contributed by atoms with Gasteiger partial charge in [-0.15, -0.1) is 0 Å². The topological polar surface area (TPSA) is 23.0 Å². The minimum Gasteiger partial charge on any atom is -0.455 e. The summed E-state index contributed by atoms with van der Waals surface area (Å²) < 4.78 is 12.0. The molecule has 0 aliphatic carbocycles. The molecule has 0 fully saturated rings. The predicted molar refractivity (Wildman–Crippen MR) is 186 cm³/mol. The summed E-state index contributed by atoms with van der Waals surface area (Å²) in [5, 5.41) is 7.58. The second-order valence-corrected chi connectivity index (χ2v) is 13.7. The van der Waals surface area contributed by atoms with Crippen molar-refractivity contribution < 1.29 is 4.42 Å².